The number of cyclic esters (lactones) is 1. The van der Waals surface area contributed by atoms with Crippen LogP contribution in [-0.4, -0.2) is 140 Å². The number of unbranched alkanes of at least 4 members (excludes halogenated alkanes) is 1. The first-order valence-electron chi connectivity index (χ1n) is 21.0. The maximum Gasteiger partial charge on any atom is 0.411 e. The van der Waals surface area contributed by atoms with E-state index in [0.29, 0.717) is 25.8 Å². The lowest BCUT2D eigenvalue weighted by Gasteiger charge is -2.47. The average molecular weight is 842 g/mol. The maximum atomic E-state index is 17.0. The van der Waals surface area contributed by atoms with Gasteiger partial charge < -0.3 is 38.3 Å². The summed E-state index contributed by atoms with van der Waals surface area (Å²) in [7, 11) is 5.04. The molecule has 332 valence electrons. The number of aromatic nitrogens is 3. The van der Waals surface area contributed by atoms with Gasteiger partial charge in [-0.25, -0.2) is 19.0 Å². The summed E-state index contributed by atoms with van der Waals surface area (Å²) in [5.41, 5.74) is -4.80. The second kappa shape index (κ2) is 18.9. The number of Topliss-reactive ketones (excluding diaryl/α,β-unsaturated/α-hetero) is 2. The molecule has 0 bridgehead atoms. The molecule has 3 fully saturated rings. The quantitative estimate of drug-likeness (QED) is 0.128. The highest BCUT2D eigenvalue weighted by Gasteiger charge is 2.62. The van der Waals surface area contributed by atoms with Gasteiger partial charge >= 0.3 is 12.1 Å². The van der Waals surface area contributed by atoms with Crippen LogP contribution in [0, 0.1) is 17.8 Å². The van der Waals surface area contributed by atoms with Crippen molar-refractivity contribution in [2.24, 2.45) is 17.8 Å². The van der Waals surface area contributed by atoms with Crippen LogP contribution in [0.15, 0.2) is 49.7 Å². The van der Waals surface area contributed by atoms with Crippen LogP contribution in [0.1, 0.15) is 80.6 Å². The number of esters is 1. The van der Waals surface area contributed by atoms with E-state index >= 15 is 4.39 Å². The monoisotopic (exact) mass is 841 g/mol. The molecule has 0 spiro atoms. The molecule has 2 aromatic rings. The van der Waals surface area contributed by atoms with E-state index in [9.17, 15) is 24.3 Å². The second-order valence-corrected chi connectivity index (χ2v) is 17.4. The van der Waals surface area contributed by atoms with Gasteiger partial charge in [0.15, 0.2) is 17.7 Å². The number of aliphatic hydroxyl groups is 1. The van der Waals surface area contributed by atoms with E-state index in [2.05, 4.69) is 16.5 Å². The number of hydrogen-bond donors (Lipinski definition) is 1. The van der Waals surface area contributed by atoms with Gasteiger partial charge in [-0.05, 0) is 85.2 Å². The number of amides is 1. The fourth-order valence-corrected chi connectivity index (χ4v) is 9.41. The second-order valence-electron chi connectivity index (χ2n) is 17.4. The SMILES string of the molecule is C=C[C@]12OC(=O)N(CCCCn3cnc(-c4cccnc4)c3)[C@@H]1[C@@H](C)C(=O)[C@H](C)C[C@](C)(OC)[C@H](OC1O[C@H](C)C[C@H](N(C)C)[C@H]1O)[C@@H](C)C(=O)[C@](C)(F)C(=O)O[C@@H]2CC. The van der Waals surface area contributed by atoms with E-state index in [1.54, 1.807) is 46.4 Å². The molecule has 60 heavy (non-hydrogen) atoms. The highest BCUT2D eigenvalue weighted by atomic mass is 19.1. The number of ether oxygens (including phenoxy) is 5. The number of methoxy groups -OCH3 is 1. The Balaban J connectivity index is 1.48. The number of pyridine rings is 1. The smallest absolute Gasteiger partial charge is 0.411 e. The number of carbonyl (C=O) groups is 4. The first-order chi connectivity index (χ1) is 28.3. The summed E-state index contributed by atoms with van der Waals surface area (Å²) >= 11 is 0. The van der Waals surface area contributed by atoms with Crippen molar-refractivity contribution >= 4 is 23.6 Å². The number of likely N-dealkylation sites (N-methyl/N-ethyl adjacent to an activating group) is 1. The summed E-state index contributed by atoms with van der Waals surface area (Å²) in [5, 5.41) is 11.4. The molecule has 1 unspecified atom stereocenters. The molecule has 2 aromatic heterocycles. The number of carbonyl (C=O) groups excluding carboxylic acids is 4. The molecule has 13 atom stereocenters. The lowest BCUT2D eigenvalue weighted by molar-refractivity contribution is -0.295. The first kappa shape index (κ1) is 47.0. The summed E-state index contributed by atoms with van der Waals surface area (Å²) in [6.45, 7) is 15.6. The normalized spacial score (nSPS) is 37.0. The Kier molecular flexibility index (Phi) is 14.8. The third-order valence-corrected chi connectivity index (χ3v) is 12.9. The van der Waals surface area contributed by atoms with Crippen molar-refractivity contribution in [1.82, 2.24) is 24.3 Å². The molecule has 5 heterocycles. The van der Waals surface area contributed by atoms with Crippen molar-refractivity contribution in [3.05, 3.63) is 49.7 Å². The molecule has 16 heteroatoms. The fraction of sp³-hybridized carbons (Fsp3) is 0.682. The van der Waals surface area contributed by atoms with Crippen molar-refractivity contribution in [1.29, 1.82) is 0 Å². The van der Waals surface area contributed by atoms with Crippen LogP contribution in [0.5, 0.6) is 0 Å². The summed E-state index contributed by atoms with van der Waals surface area (Å²) in [6.07, 6.45) is 3.91. The number of alkyl halides is 1. The largest absolute Gasteiger partial charge is 0.455 e. The van der Waals surface area contributed by atoms with Gasteiger partial charge in [-0.15, -0.1) is 0 Å². The maximum absolute atomic E-state index is 17.0. The minimum absolute atomic E-state index is 0.0242. The van der Waals surface area contributed by atoms with Crippen LogP contribution in [0.25, 0.3) is 11.3 Å². The molecule has 0 radical (unpaired) electrons. The van der Waals surface area contributed by atoms with Crippen LogP contribution >= 0.6 is 0 Å². The zero-order valence-corrected chi connectivity index (χ0v) is 36.7. The summed E-state index contributed by atoms with van der Waals surface area (Å²) in [6, 6.07) is 2.37. The average Bonchev–Trinajstić information content (AvgIpc) is 3.82. The lowest BCUT2D eigenvalue weighted by atomic mass is 9.72. The van der Waals surface area contributed by atoms with Gasteiger partial charge in [0.25, 0.3) is 5.67 Å². The van der Waals surface area contributed by atoms with E-state index in [4.69, 9.17) is 23.7 Å². The van der Waals surface area contributed by atoms with Crippen LogP contribution in [0.4, 0.5) is 9.18 Å². The number of imidazole rings is 1. The van der Waals surface area contributed by atoms with Crippen molar-refractivity contribution in [2.45, 2.75) is 147 Å². The Morgan fingerprint density at radius 2 is 1.80 bits per heavy atom. The van der Waals surface area contributed by atoms with Crippen molar-refractivity contribution in [2.75, 3.05) is 27.7 Å². The first-order valence-corrected chi connectivity index (χ1v) is 21.0. The molecule has 5 rings (SSSR count). The van der Waals surface area contributed by atoms with E-state index < -0.39 is 83.1 Å². The molecule has 3 aliphatic rings. The lowest BCUT2D eigenvalue weighted by Crippen LogP contribution is -2.62. The fourth-order valence-electron chi connectivity index (χ4n) is 9.41. The minimum Gasteiger partial charge on any atom is -0.455 e. The van der Waals surface area contributed by atoms with Crippen LogP contribution in [-0.2, 0) is 44.6 Å². The van der Waals surface area contributed by atoms with Gasteiger partial charge in [0.2, 0.25) is 0 Å². The number of halogens is 1. The molecule has 0 aromatic carbocycles. The molecule has 1 N–H and O–H groups in total. The summed E-state index contributed by atoms with van der Waals surface area (Å²) in [4.78, 5) is 69.0. The standard InChI is InChI=1S/C44H64FN5O10/c1-12-33-44(13-2)36(50(41(55)60-44)20-15-14-19-49-24-31(47-25-49)30-17-16-18-46-23-30)28(5)34(51)26(3)22-42(7,56-11)38(29(6)37(53)43(8,45)40(54)58-33)59-39-35(52)32(48(9)10)21-27(4)57-39/h13,16-18,23-29,32-33,35-36,38-39,52H,2,12,14-15,19-22H2,1,3-11H3/t26-,27-,28+,29+,32+,33-,35-,36-,38-,39?,42+,43+,44-/m1/s1. The molecule has 3 aliphatic heterocycles. The molecular weight excluding hydrogens is 778 g/mol. The van der Waals surface area contributed by atoms with Gasteiger partial charge in [-0.2, -0.15) is 0 Å². The molecule has 3 saturated heterocycles. The van der Waals surface area contributed by atoms with Gasteiger partial charge in [0.1, 0.15) is 18.0 Å². The minimum atomic E-state index is -3.21. The van der Waals surface area contributed by atoms with Crippen molar-refractivity contribution < 1.29 is 52.4 Å². The Morgan fingerprint density at radius 3 is 2.42 bits per heavy atom. The highest BCUT2D eigenvalue weighted by molar-refractivity contribution is 6.08. The number of aryl methyl sites for hydroxylation is 1. The predicted molar refractivity (Wildman–Crippen MR) is 219 cm³/mol. The van der Waals surface area contributed by atoms with Crippen molar-refractivity contribution in [3.63, 3.8) is 0 Å². The van der Waals surface area contributed by atoms with Crippen molar-refractivity contribution in [3.8, 4) is 11.3 Å². The number of ketones is 2. The van der Waals surface area contributed by atoms with Crippen LogP contribution < -0.4 is 0 Å². The Labute approximate surface area is 352 Å². The van der Waals surface area contributed by atoms with E-state index in [-0.39, 0.29) is 37.3 Å². The molecule has 0 aliphatic carbocycles. The Morgan fingerprint density at radius 1 is 1.10 bits per heavy atom. The number of fused-ring (bicyclic) bond motifs is 1. The zero-order chi connectivity index (χ0) is 44.3. The molecule has 1 amide bonds. The number of rotatable bonds is 12. The van der Waals surface area contributed by atoms with E-state index in [1.165, 1.54) is 25.0 Å². The van der Waals surface area contributed by atoms with E-state index in [0.717, 1.165) is 18.2 Å². The molecule has 15 nitrogen and oxygen atoms in total. The third kappa shape index (κ3) is 9.22. The number of hydrogen-bond acceptors (Lipinski definition) is 13. The van der Waals surface area contributed by atoms with E-state index in [1.807, 2.05) is 48.8 Å². The van der Waals surface area contributed by atoms with Gasteiger partial charge in [-0.1, -0.05) is 34.3 Å². The molecular formula is C44H64FN5O10. The molecule has 0 saturated carbocycles. The van der Waals surface area contributed by atoms with Crippen LogP contribution in [0.3, 0.4) is 0 Å². The Hall–Kier alpha value is -4.09. The zero-order valence-electron chi connectivity index (χ0n) is 36.7. The Bertz CT molecular complexity index is 1840. The number of nitrogens with zero attached hydrogens (tertiary/aromatic N) is 5. The summed E-state index contributed by atoms with van der Waals surface area (Å²) in [5.74, 6) is -6.00. The van der Waals surface area contributed by atoms with Gasteiger partial charge in [0.05, 0.1) is 35.9 Å². The third-order valence-electron chi connectivity index (χ3n) is 12.9. The predicted octanol–water partition coefficient (Wildman–Crippen LogP) is 5.19. The highest BCUT2D eigenvalue weighted by Crippen LogP contribution is 2.44. The van der Waals surface area contributed by atoms with Gasteiger partial charge in [0, 0.05) is 68.1 Å². The number of aliphatic hydroxyl groups excluding tert-OH is 1. The summed E-state index contributed by atoms with van der Waals surface area (Å²) < 4.78 is 49.6. The van der Waals surface area contributed by atoms with Crippen LogP contribution in [0.2, 0.25) is 0 Å². The van der Waals surface area contributed by atoms with Gasteiger partial charge in [-0.3, -0.25) is 19.5 Å². The topological polar surface area (TPSA) is 172 Å².